The largest absolute Gasteiger partial charge is 0.389 e. The summed E-state index contributed by atoms with van der Waals surface area (Å²) in [6.45, 7) is 8.01. The maximum absolute atomic E-state index is 5.67. The monoisotopic (exact) mass is 278 g/mol. The van der Waals surface area contributed by atoms with Crippen LogP contribution in [0.3, 0.4) is 0 Å². The zero-order chi connectivity index (χ0) is 13.8. The summed E-state index contributed by atoms with van der Waals surface area (Å²) in [6, 6.07) is 6.78. The number of thiocarbonyl (C=S) groups is 1. The topological polar surface area (TPSA) is 38.5 Å². The van der Waals surface area contributed by atoms with E-state index in [0.29, 0.717) is 11.0 Å². The van der Waals surface area contributed by atoms with Gasteiger partial charge < -0.3 is 10.5 Å². The fourth-order valence-electron chi connectivity index (χ4n) is 2.52. The lowest BCUT2D eigenvalue weighted by molar-refractivity contribution is -0.0128. The molecule has 0 amide bonds. The molecule has 2 N–H and O–H groups in total. The van der Waals surface area contributed by atoms with Gasteiger partial charge in [-0.1, -0.05) is 31.3 Å². The van der Waals surface area contributed by atoms with E-state index in [1.807, 2.05) is 6.07 Å². The maximum Gasteiger partial charge on any atom is 0.103 e. The molecule has 1 aromatic carbocycles. The van der Waals surface area contributed by atoms with E-state index in [9.17, 15) is 0 Å². The van der Waals surface area contributed by atoms with Crippen LogP contribution in [0.4, 0.5) is 0 Å². The van der Waals surface area contributed by atoms with Crippen LogP contribution in [0, 0.1) is 6.92 Å². The van der Waals surface area contributed by atoms with Crippen molar-refractivity contribution in [1.82, 2.24) is 4.90 Å². The normalized spacial score (nSPS) is 20.4. The second-order valence-electron chi connectivity index (χ2n) is 5.11. The van der Waals surface area contributed by atoms with Gasteiger partial charge in [-0.2, -0.15) is 0 Å². The molecule has 0 spiro atoms. The zero-order valence-electron chi connectivity index (χ0n) is 11.7. The second kappa shape index (κ2) is 6.46. The Labute approximate surface area is 120 Å². The van der Waals surface area contributed by atoms with Gasteiger partial charge in [0.1, 0.15) is 4.99 Å². The molecule has 1 atom stereocenters. The lowest BCUT2D eigenvalue weighted by Crippen LogP contribution is -2.44. The quantitative estimate of drug-likeness (QED) is 0.857. The number of morpholine rings is 1. The first-order valence-corrected chi connectivity index (χ1v) is 7.23. The first-order chi connectivity index (χ1) is 9.11. The molecule has 0 bridgehead atoms. The van der Waals surface area contributed by atoms with Crippen LogP contribution >= 0.6 is 12.2 Å². The van der Waals surface area contributed by atoms with Crippen molar-refractivity contribution >= 4 is 17.2 Å². The molecule has 2 rings (SSSR count). The van der Waals surface area contributed by atoms with Gasteiger partial charge in [-0.15, -0.1) is 0 Å². The summed E-state index contributed by atoms with van der Waals surface area (Å²) in [6.07, 6.45) is 1.13. The van der Waals surface area contributed by atoms with Gasteiger partial charge in [-0.3, -0.25) is 4.90 Å². The van der Waals surface area contributed by atoms with Crippen molar-refractivity contribution in [2.24, 2.45) is 5.73 Å². The first-order valence-electron chi connectivity index (χ1n) is 6.83. The standard InChI is InChI=1S/C15H22N2OS/c1-3-14-10-18-7-6-17(14)9-13-5-4-12(15(16)19)8-11(13)2/h4-5,8,14H,3,6-7,9-10H2,1-2H3,(H2,16,19). The highest BCUT2D eigenvalue weighted by atomic mass is 32.1. The summed E-state index contributed by atoms with van der Waals surface area (Å²) in [5.41, 5.74) is 9.22. The molecule has 1 aliphatic rings. The highest BCUT2D eigenvalue weighted by Crippen LogP contribution is 2.18. The van der Waals surface area contributed by atoms with Crippen molar-refractivity contribution in [3.05, 3.63) is 34.9 Å². The van der Waals surface area contributed by atoms with E-state index in [1.165, 1.54) is 11.1 Å². The molecule has 1 heterocycles. The molecule has 1 aliphatic heterocycles. The molecule has 0 aliphatic carbocycles. The van der Waals surface area contributed by atoms with Crippen molar-refractivity contribution in [1.29, 1.82) is 0 Å². The lowest BCUT2D eigenvalue weighted by Gasteiger charge is -2.35. The van der Waals surface area contributed by atoms with Gasteiger partial charge in [0.25, 0.3) is 0 Å². The number of hydrogen-bond acceptors (Lipinski definition) is 3. The van der Waals surface area contributed by atoms with Crippen molar-refractivity contribution in [2.75, 3.05) is 19.8 Å². The van der Waals surface area contributed by atoms with E-state index in [2.05, 4.69) is 30.9 Å². The van der Waals surface area contributed by atoms with E-state index < -0.39 is 0 Å². The van der Waals surface area contributed by atoms with E-state index in [0.717, 1.165) is 38.3 Å². The van der Waals surface area contributed by atoms with Crippen molar-refractivity contribution < 1.29 is 4.74 Å². The Morgan fingerprint density at radius 3 is 2.95 bits per heavy atom. The third-order valence-electron chi connectivity index (χ3n) is 3.82. The number of nitrogens with zero attached hydrogens (tertiary/aromatic N) is 1. The Bertz CT molecular complexity index is 461. The molecular weight excluding hydrogens is 256 g/mol. The molecule has 19 heavy (non-hydrogen) atoms. The van der Waals surface area contributed by atoms with Gasteiger partial charge in [0.15, 0.2) is 0 Å². The van der Waals surface area contributed by atoms with Crippen LogP contribution in [0.5, 0.6) is 0 Å². The van der Waals surface area contributed by atoms with Gasteiger partial charge in [0.2, 0.25) is 0 Å². The zero-order valence-corrected chi connectivity index (χ0v) is 12.5. The summed E-state index contributed by atoms with van der Waals surface area (Å²) in [4.78, 5) is 2.97. The lowest BCUT2D eigenvalue weighted by atomic mass is 10.0. The number of benzene rings is 1. The van der Waals surface area contributed by atoms with Gasteiger partial charge >= 0.3 is 0 Å². The van der Waals surface area contributed by atoms with Crippen LogP contribution in [0.15, 0.2) is 18.2 Å². The Morgan fingerprint density at radius 2 is 2.32 bits per heavy atom. The Hall–Kier alpha value is -0.970. The van der Waals surface area contributed by atoms with E-state index in [-0.39, 0.29) is 0 Å². The van der Waals surface area contributed by atoms with Crippen LogP contribution in [-0.2, 0) is 11.3 Å². The molecule has 1 aromatic rings. The number of hydrogen-bond donors (Lipinski definition) is 1. The summed E-state index contributed by atoms with van der Waals surface area (Å²) in [5.74, 6) is 0. The van der Waals surface area contributed by atoms with E-state index >= 15 is 0 Å². The van der Waals surface area contributed by atoms with Crippen molar-refractivity contribution in [2.45, 2.75) is 32.9 Å². The summed E-state index contributed by atoms with van der Waals surface area (Å²) >= 11 is 5.01. The molecule has 4 heteroatoms. The first kappa shape index (κ1) is 14.4. The molecule has 0 aromatic heterocycles. The van der Waals surface area contributed by atoms with Gasteiger partial charge in [0.05, 0.1) is 13.2 Å². The molecular formula is C15H22N2OS. The Morgan fingerprint density at radius 1 is 1.53 bits per heavy atom. The van der Waals surface area contributed by atoms with Crippen LogP contribution in [-0.4, -0.2) is 35.7 Å². The molecule has 1 fully saturated rings. The smallest absolute Gasteiger partial charge is 0.103 e. The minimum absolute atomic E-state index is 0.465. The van der Waals surface area contributed by atoms with Crippen molar-refractivity contribution in [3.63, 3.8) is 0 Å². The van der Waals surface area contributed by atoms with E-state index in [4.69, 9.17) is 22.7 Å². The highest BCUT2D eigenvalue weighted by Gasteiger charge is 2.21. The Balaban J connectivity index is 2.11. The highest BCUT2D eigenvalue weighted by molar-refractivity contribution is 7.80. The SMILES string of the molecule is CCC1COCCN1Cc1ccc(C(N)=S)cc1C. The fourth-order valence-corrected chi connectivity index (χ4v) is 2.65. The Kier molecular flexibility index (Phi) is 4.91. The maximum atomic E-state index is 5.67. The molecule has 1 saturated heterocycles. The molecule has 0 saturated carbocycles. The van der Waals surface area contributed by atoms with E-state index in [1.54, 1.807) is 0 Å². The molecule has 1 unspecified atom stereocenters. The number of ether oxygens (including phenoxy) is 1. The third-order valence-corrected chi connectivity index (χ3v) is 4.06. The minimum Gasteiger partial charge on any atom is -0.389 e. The fraction of sp³-hybridized carbons (Fsp3) is 0.533. The molecule has 0 radical (unpaired) electrons. The molecule has 3 nitrogen and oxygen atoms in total. The van der Waals surface area contributed by atoms with Crippen LogP contribution in [0.2, 0.25) is 0 Å². The van der Waals surface area contributed by atoms with Gasteiger partial charge in [-0.25, -0.2) is 0 Å². The number of nitrogens with two attached hydrogens (primary N) is 1. The molecule has 104 valence electrons. The average molecular weight is 278 g/mol. The van der Waals surface area contributed by atoms with Crippen LogP contribution < -0.4 is 5.73 Å². The van der Waals surface area contributed by atoms with Gasteiger partial charge in [0, 0.05) is 24.7 Å². The average Bonchev–Trinajstić information content (AvgIpc) is 2.41. The number of aryl methyl sites for hydroxylation is 1. The predicted molar refractivity (Wildman–Crippen MR) is 82.4 cm³/mol. The van der Waals surface area contributed by atoms with Crippen LogP contribution in [0.1, 0.15) is 30.0 Å². The third kappa shape index (κ3) is 3.53. The predicted octanol–water partition coefficient (Wildman–Crippen LogP) is 2.24. The van der Waals surface area contributed by atoms with Crippen LogP contribution in [0.25, 0.3) is 0 Å². The summed E-state index contributed by atoms with van der Waals surface area (Å²) in [5, 5.41) is 0. The van der Waals surface area contributed by atoms with Crippen molar-refractivity contribution in [3.8, 4) is 0 Å². The van der Waals surface area contributed by atoms with Gasteiger partial charge in [-0.05, 0) is 30.5 Å². The summed E-state index contributed by atoms with van der Waals surface area (Å²) < 4.78 is 5.55. The minimum atomic E-state index is 0.465. The summed E-state index contributed by atoms with van der Waals surface area (Å²) in [7, 11) is 0. The number of rotatable bonds is 4. The second-order valence-corrected chi connectivity index (χ2v) is 5.55.